The van der Waals surface area contributed by atoms with E-state index in [1.807, 2.05) is 0 Å². The van der Waals surface area contributed by atoms with Gasteiger partial charge in [0.15, 0.2) is 0 Å². The lowest BCUT2D eigenvalue weighted by atomic mass is 9.92. The fraction of sp³-hybridized carbons (Fsp3) is 0.462. The molecule has 0 heterocycles. The predicted octanol–water partition coefficient (Wildman–Crippen LogP) is 1.86. The Bertz CT molecular complexity index is 391. The summed E-state index contributed by atoms with van der Waals surface area (Å²) in [7, 11) is 0. The molecule has 2 N–H and O–H groups in total. The van der Waals surface area contributed by atoms with Crippen LogP contribution in [-0.4, -0.2) is 23.2 Å². The zero-order valence-corrected chi connectivity index (χ0v) is 9.53. The molecule has 0 spiro atoms. The number of rotatable bonds is 2. The van der Waals surface area contributed by atoms with Crippen molar-refractivity contribution in [2.45, 2.75) is 37.8 Å². The number of aliphatic hydroxyl groups excluding tert-OH is 1. The van der Waals surface area contributed by atoms with E-state index in [1.54, 1.807) is 0 Å². The fourth-order valence-corrected chi connectivity index (χ4v) is 2.13. The largest absolute Gasteiger partial charge is 0.391 e. The second-order valence-corrected chi connectivity index (χ2v) is 4.44. The Morgan fingerprint density at radius 2 is 1.88 bits per heavy atom. The van der Waals surface area contributed by atoms with Gasteiger partial charge in [0.05, 0.1) is 12.1 Å². The van der Waals surface area contributed by atoms with Gasteiger partial charge < -0.3 is 10.4 Å². The van der Waals surface area contributed by atoms with E-state index in [0.717, 1.165) is 25.7 Å². The summed E-state index contributed by atoms with van der Waals surface area (Å²) in [5, 5.41) is 12.5. The fourth-order valence-electron chi connectivity index (χ4n) is 2.13. The number of hydrogen-bond donors (Lipinski definition) is 2. The molecule has 2 unspecified atom stereocenters. The molecule has 1 saturated carbocycles. The highest BCUT2D eigenvalue weighted by Gasteiger charge is 2.24. The molecule has 1 fully saturated rings. The van der Waals surface area contributed by atoms with Crippen LogP contribution in [0.3, 0.4) is 0 Å². The van der Waals surface area contributed by atoms with Crippen LogP contribution in [-0.2, 0) is 0 Å². The first kappa shape index (κ1) is 12.0. The maximum Gasteiger partial charge on any atom is 0.251 e. The minimum absolute atomic E-state index is 0.179. The van der Waals surface area contributed by atoms with Gasteiger partial charge in [-0.15, -0.1) is 0 Å². The van der Waals surface area contributed by atoms with Gasteiger partial charge in [-0.25, -0.2) is 4.39 Å². The first-order valence-corrected chi connectivity index (χ1v) is 5.91. The predicted molar refractivity (Wildman–Crippen MR) is 62.1 cm³/mol. The van der Waals surface area contributed by atoms with E-state index < -0.39 is 6.10 Å². The van der Waals surface area contributed by atoms with Gasteiger partial charge in [-0.2, -0.15) is 0 Å². The third-order valence-electron chi connectivity index (χ3n) is 3.15. The highest BCUT2D eigenvalue weighted by Crippen LogP contribution is 2.18. The van der Waals surface area contributed by atoms with Crippen LogP contribution in [0.1, 0.15) is 36.0 Å². The summed E-state index contributed by atoms with van der Waals surface area (Å²) in [5.41, 5.74) is 0.421. The molecule has 2 atom stereocenters. The second kappa shape index (κ2) is 5.27. The molecule has 0 saturated heterocycles. The molecule has 1 aliphatic carbocycles. The summed E-state index contributed by atoms with van der Waals surface area (Å²) in [6, 6.07) is 5.22. The van der Waals surface area contributed by atoms with Crippen LogP contribution in [0.5, 0.6) is 0 Å². The van der Waals surface area contributed by atoms with Crippen LogP contribution in [0, 0.1) is 5.82 Å². The highest BCUT2D eigenvalue weighted by molar-refractivity contribution is 5.94. The summed E-state index contributed by atoms with van der Waals surface area (Å²) in [6.45, 7) is 0. The minimum atomic E-state index is -0.465. The zero-order chi connectivity index (χ0) is 12.3. The van der Waals surface area contributed by atoms with Gasteiger partial charge >= 0.3 is 0 Å². The van der Waals surface area contributed by atoms with Crippen LogP contribution in [0.2, 0.25) is 0 Å². The Balaban J connectivity index is 1.98. The molecule has 2 rings (SSSR count). The number of benzene rings is 1. The Morgan fingerprint density at radius 3 is 2.53 bits per heavy atom. The van der Waals surface area contributed by atoms with Crippen molar-refractivity contribution in [3.63, 3.8) is 0 Å². The van der Waals surface area contributed by atoms with Gasteiger partial charge in [0.1, 0.15) is 5.82 Å². The quantitative estimate of drug-likeness (QED) is 0.824. The van der Waals surface area contributed by atoms with Gasteiger partial charge in [0.25, 0.3) is 5.91 Å². The summed E-state index contributed by atoms with van der Waals surface area (Å²) >= 11 is 0. The lowest BCUT2D eigenvalue weighted by molar-refractivity contribution is 0.0717. The van der Waals surface area contributed by atoms with Crippen molar-refractivity contribution in [3.8, 4) is 0 Å². The molecule has 17 heavy (non-hydrogen) atoms. The Morgan fingerprint density at radius 1 is 1.24 bits per heavy atom. The third kappa shape index (κ3) is 3.03. The number of carbonyl (C=O) groups excluding carboxylic acids is 1. The van der Waals surface area contributed by atoms with Gasteiger partial charge in [0, 0.05) is 5.56 Å². The second-order valence-electron chi connectivity index (χ2n) is 4.44. The first-order valence-electron chi connectivity index (χ1n) is 5.91. The molecule has 1 amide bonds. The van der Waals surface area contributed by atoms with Crippen LogP contribution < -0.4 is 5.32 Å². The van der Waals surface area contributed by atoms with Crippen molar-refractivity contribution in [3.05, 3.63) is 35.6 Å². The van der Waals surface area contributed by atoms with Crippen LogP contribution >= 0.6 is 0 Å². The topological polar surface area (TPSA) is 49.3 Å². The summed E-state index contributed by atoms with van der Waals surface area (Å²) in [6.07, 6.45) is 3.09. The van der Waals surface area contributed by atoms with E-state index in [0.29, 0.717) is 5.56 Å². The monoisotopic (exact) mass is 237 g/mol. The van der Waals surface area contributed by atoms with Crippen LogP contribution in [0.15, 0.2) is 24.3 Å². The van der Waals surface area contributed by atoms with E-state index in [4.69, 9.17) is 0 Å². The number of carbonyl (C=O) groups is 1. The molecule has 3 nitrogen and oxygen atoms in total. The van der Waals surface area contributed by atoms with Crippen LogP contribution in [0.4, 0.5) is 4.39 Å². The molecule has 0 bridgehead atoms. The summed E-state index contributed by atoms with van der Waals surface area (Å²) < 4.78 is 12.7. The van der Waals surface area contributed by atoms with Gasteiger partial charge in [-0.3, -0.25) is 4.79 Å². The molecule has 1 aliphatic rings. The van der Waals surface area contributed by atoms with E-state index in [1.165, 1.54) is 24.3 Å². The van der Waals surface area contributed by atoms with E-state index in [-0.39, 0.29) is 17.8 Å². The number of hydrogen-bond acceptors (Lipinski definition) is 2. The number of aliphatic hydroxyl groups is 1. The van der Waals surface area contributed by atoms with Crippen molar-refractivity contribution in [1.82, 2.24) is 5.32 Å². The zero-order valence-electron chi connectivity index (χ0n) is 9.53. The Labute approximate surface area is 99.7 Å². The molecule has 0 aliphatic heterocycles. The van der Waals surface area contributed by atoms with Crippen LogP contribution in [0.25, 0.3) is 0 Å². The van der Waals surface area contributed by atoms with Crippen molar-refractivity contribution in [1.29, 1.82) is 0 Å². The SMILES string of the molecule is O=C(NC1CCCCC1O)c1ccc(F)cc1. The molecule has 92 valence electrons. The molecular weight excluding hydrogens is 221 g/mol. The van der Waals surface area contributed by atoms with Crippen molar-refractivity contribution >= 4 is 5.91 Å². The third-order valence-corrected chi connectivity index (χ3v) is 3.15. The summed E-state index contributed by atoms with van der Waals surface area (Å²) in [5.74, 6) is -0.616. The molecule has 1 aromatic rings. The molecule has 0 aromatic heterocycles. The van der Waals surface area contributed by atoms with Crippen molar-refractivity contribution in [2.75, 3.05) is 0 Å². The maximum absolute atomic E-state index is 12.7. The highest BCUT2D eigenvalue weighted by atomic mass is 19.1. The normalized spacial score (nSPS) is 24.4. The Hall–Kier alpha value is -1.42. The molecule has 4 heteroatoms. The minimum Gasteiger partial charge on any atom is -0.391 e. The van der Waals surface area contributed by atoms with Gasteiger partial charge in [0.2, 0.25) is 0 Å². The standard InChI is InChI=1S/C13H16FNO2/c14-10-7-5-9(6-8-10)13(17)15-11-3-1-2-4-12(11)16/h5-8,11-12,16H,1-4H2,(H,15,17). The molecule has 0 radical (unpaired) electrons. The van der Waals surface area contributed by atoms with E-state index in [2.05, 4.69) is 5.32 Å². The lowest BCUT2D eigenvalue weighted by Crippen LogP contribution is -2.45. The maximum atomic E-state index is 12.7. The van der Waals surface area contributed by atoms with Gasteiger partial charge in [-0.05, 0) is 37.1 Å². The molecular formula is C13H16FNO2. The molecule has 1 aromatic carbocycles. The number of amides is 1. The average Bonchev–Trinajstić information content (AvgIpc) is 2.33. The van der Waals surface area contributed by atoms with Gasteiger partial charge in [-0.1, -0.05) is 12.8 Å². The first-order chi connectivity index (χ1) is 8.16. The van der Waals surface area contributed by atoms with Crippen molar-refractivity contribution < 1.29 is 14.3 Å². The smallest absolute Gasteiger partial charge is 0.251 e. The number of nitrogens with one attached hydrogen (secondary N) is 1. The van der Waals surface area contributed by atoms with Crippen molar-refractivity contribution in [2.24, 2.45) is 0 Å². The number of halogens is 1. The Kier molecular flexibility index (Phi) is 3.74. The van der Waals surface area contributed by atoms with E-state index >= 15 is 0 Å². The summed E-state index contributed by atoms with van der Waals surface area (Å²) in [4.78, 5) is 11.8. The average molecular weight is 237 g/mol. The van der Waals surface area contributed by atoms with E-state index in [9.17, 15) is 14.3 Å². The lowest BCUT2D eigenvalue weighted by Gasteiger charge is -2.28.